The standard InChI is InChI=1S/C17H16N4O3/c22-17(12-7-9-13(10-8-12)21(23)24)20-19-16-6-3-4-14(16)15-5-1-2-11-18-15/h1-2,5,7-11,14H,3-4,6H2,(H,20,22). The van der Waals surface area contributed by atoms with Crippen molar-refractivity contribution in [3.8, 4) is 0 Å². The molecule has 1 unspecified atom stereocenters. The molecule has 1 heterocycles. The number of hydrazone groups is 1. The molecule has 1 atom stereocenters. The fourth-order valence-electron chi connectivity index (χ4n) is 2.78. The van der Waals surface area contributed by atoms with Crippen LogP contribution in [0.5, 0.6) is 0 Å². The van der Waals surface area contributed by atoms with Crippen LogP contribution >= 0.6 is 0 Å². The highest BCUT2D eigenvalue weighted by Crippen LogP contribution is 2.30. The molecule has 0 saturated heterocycles. The predicted molar refractivity (Wildman–Crippen MR) is 88.8 cm³/mol. The van der Waals surface area contributed by atoms with Gasteiger partial charge in [-0.05, 0) is 43.5 Å². The Morgan fingerprint density at radius 1 is 1.25 bits per heavy atom. The number of nitrogens with zero attached hydrogens (tertiary/aromatic N) is 3. The molecule has 0 radical (unpaired) electrons. The van der Waals surface area contributed by atoms with Crippen LogP contribution in [-0.2, 0) is 0 Å². The van der Waals surface area contributed by atoms with Gasteiger partial charge < -0.3 is 0 Å². The van der Waals surface area contributed by atoms with Crippen molar-refractivity contribution in [2.24, 2.45) is 5.10 Å². The van der Waals surface area contributed by atoms with E-state index < -0.39 is 4.92 Å². The summed E-state index contributed by atoms with van der Waals surface area (Å²) in [5.74, 6) is -0.257. The van der Waals surface area contributed by atoms with Gasteiger partial charge in [-0.2, -0.15) is 5.10 Å². The smallest absolute Gasteiger partial charge is 0.267 e. The van der Waals surface area contributed by atoms with Gasteiger partial charge in [-0.15, -0.1) is 0 Å². The van der Waals surface area contributed by atoms with E-state index in [2.05, 4.69) is 15.5 Å². The molecule has 122 valence electrons. The van der Waals surface area contributed by atoms with Gasteiger partial charge in [-0.3, -0.25) is 19.9 Å². The van der Waals surface area contributed by atoms with Crippen LogP contribution in [0.4, 0.5) is 5.69 Å². The molecule has 2 aromatic rings. The van der Waals surface area contributed by atoms with Crippen LogP contribution in [0.1, 0.15) is 41.2 Å². The van der Waals surface area contributed by atoms with Crippen LogP contribution in [0.15, 0.2) is 53.8 Å². The minimum atomic E-state index is -0.502. The Morgan fingerprint density at radius 2 is 2.04 bits per heavy atom. The lowest BCUT2D eigenvalue weighted by molar-refractivity contribution is -0.384. The molecule has 0 spiro atoms. The fourth-order valence-corrected chi connectivity index (χ4v) is 2.78. The molecule has 1 aromatic carbocycles. The summed E-state index contributed by atoms with van der Waals surface area (Å²) in [6.45, 7) is 0. The number of rotatable bonds is 4. The van der Waals surface area contributed by atoms with Crippen molar-refractivity contribution in [2.75, 3.05) is 0 Å². The summed E-state index contributed by atoms with van der Waals surface area (Å²) in [5, 5.41) is 14.9. The number of carbonyl (C=O) groups excluding carboxylic acids is 1. The molecule has 0 bridgehead atoms. The van der Waals surface area contributed by atoms with E-state index in [0.29, 0.717) is 5.56 Å². The maximum atomic E-state index is 12.1. The number of nitro groups is 1. The quantitative estimate of drug-likeness (QED) is 0.690. The summed E-state index contributed by atoms with van der Waals surface area (Å²) in [4.78, 5) is 26.6. The molecule has 1 amide bonds. The van der Waals surface area contributed by atoms with E-state index >= 15 is 0 Å². The van der Waals surface area contributed by atoms with Crippen molar-refractivity contribution in [3.05, 3.63) is 70.0 Å². The number of pyridine rings is 1. The summed E-state index contributed by atoms with van der Waals surface area (Å²) in [5.41, 5.74) is 4.68. The molecule has 1 aromatic heterocycles. The molecule has 1 saturated carbocycles. The van der Waals surface area contributed by atoms with E-state index in [1.165, 1.54) is 24.3 Å². The van der Waals surface area contributed by atoms with Crippen molar-refractivity contribution < 1.29 is 9.72 Å². The molecule has 1 aliphatic rings. The lowest BCUT2D eigenvalue weighted by Crippen LogP contribution is -2.20. The Morgan fingerprint density at radius 3 is 2.71 bits per heavy atom. The van der Waals surface area contributed by atoms with E-state index in [0.717, 1.165) is 30.7 Å². The van der Waals surface area contributed by atoms with Crippen molar-refractivity contribution in [3.63, 3.8) is 0 Å². The molecular weight excluding hydrogens is 308 g/mol. The number of amides is 1. The van der Waals surface area contributed by atoms with Crippen molar-refractivity contribution in [1.29, 1.82) is 0 Å². The van der Waals surface area contributed by atoms with Gasteiger partial charge in [-0.25, -0.2) is 5.43 Å². The van der Waals surface area contributed by atoms with Crippen molar-refractivity contribution in [1.82, 2.24) is 10.4 Å². The Hall–Kier alpha value is -3.09. The number of nitro benzene ring substituents is 1. The number of aromatic nitrogens is 1. The van der Waals surface area contributed by atoms with Gasteiger partial charge in [0.25, 0.3) is 11.6 Å². The normalized spacial score (nSPS) is 18.5. The maximum Gasteiger partial charge on any atom is 0.271 e. The van der Waals surface area contributed by atoms with Gasteiger partial charge >= 0.3 is 0 Å². The first-order valence-electron chi connectivity index (χ1n) is 7.67. The van der Waals surface area contributed by atoms with E-state index in [1.807, 2.05) is 18.2 Å². The molecule has 1 fully saturated rings. The van der Waals surface area contributed by atoms with Crippen LogP contribution in [0.3, 0.4) is 0 Å². The lowest BCUT2D eigenvalue weighted by Gasteiger charge is -2.10. The summed E-state index contributed by atoms with van der Waals surface area (Å²) < 4.78 is 0. The number of hydrogen-bond donors (Lipinski definition) is 1. The first-order chi connectivity index (χ1) is 11.6. The zero-order valence-corrected chi connectivity index (χ0v) is 12.9. The molecule has 0 aliphatic heterocycles. The average Bonchev–Trinajstić information content (AvgIpc) is 3.09. The Balaban J connectivity index is 1.70. The van der Waals surface area contributed by atoms with Gasteiger partial charge in [0.05, 0.1) is 4.92 Å². The zero-order chi connectivity index (χ0) is 16.9. The van der Waals surface area contributed by atoms with Crippen LogP contribution in [0, 0.1) is 10.1 Å². The average molecular weight is 324 g/mol. The predicted octanol–water partition coefficient (Wildman–Crippen LogP) is 3.04. The van der Waals surface area contributed by atoms with Gasteiger partial charge in [0.1, 0.15) is 0 Å². The second-order valence-electron chi connectivity index (χ2n) is 5.55. The van der Waals surface area contributed by atoms with E-state index in [9.17, 15) is 14.9 Å². The number of non-ortho nitro benzene ring substituents is 1. The van der Waals surface area contributed by atoms with Gasteiger partial charge in [0.15, 0.2) is 0 Å². The number of hydrogen-bond acceptors (Lipinski definition) is 5. The van der Waals surface area contributed by atoms with E-state index in [-0.39, 0.29) is 17.5 Å². The summed E-state index contributed by atoms with van der Waals surface area (Å²) in [6, 6.07) is 11.2. The summed E-state index contributed by atoms with van der Waals surface area (Å²) >= 11 is 0. The largest absolute Gasteiger partial charge is 0.271 e. The Kier molecular flexibility index (Phi) is 4.60. The van der Waals surface area contributed by atoms with Crippen LogP contribution in [0.25, 0.3) is 0 Å². The number of benzene rings is 1. The van der Waals surface area contributed by atoms with Crippen molar-refractivity contribution in [2.45, 2.75) is 25.2 Å². The summed E-state index contributed by atoms with van der Waals surface area (Å²) in [6.07, 6.45) is 4.54. The minimum absolute atomic E-state index is 0.0520. The van der Waals surface area contributed by atoms with E-state index in [1.54, 1.807) is 6.20 Å². The first kappa shape index (κ1) is 15.8. The van der Waals surface area contributed by atoms with Crippen LogP contribution in [-0.4, -0.2) is 21.5 Å². The highest BCUT2D eigenvalue weighted by molar-refractivity contribution is 5.97. The highest BCUT2D eigenvalue weighted by atomic mass is 16.6. The third-order valence-corrected chi connectivity index (χ3v) is 4.01. The SMILES string of the molecule is O=C(NN=C1CCCC1c1ccccn1)c1ccc([N+](=O)[O-])cc1. The van der Waals surface area contributed by atoms with Gasteiger partial charge in [0.2, 0.25) is 0 Å². The number of nitrogens with one attached hydrogen (secondary N) is 1. The third-order valence-electron chi connectivity index (χ3n) is 4.01. The van der Waals surface area contributed by atoms with Gasteiger partial charge in [0, 0.05) is 41.2 Å². The zero-order valence-electron chi connectivity index (χ0n) is 12.9. The minimum Gasteiger partial charge on any atom is -0.267 e. The third kappa shape index (κ3) is 3.45. The molecule has 24 heavy (non-hydrogen) atoms. The molecule has 7 nitrogen and oxygen atoms in total. The van der Waals surface area contributed by atoms with Gasteiger partial charge in [-0.1, -0.05) is 6.07 Å². The number of carbonyl (C=O) groups is 1. The van der Waals surface area contributed by atoms with Crippen molar-refractivity contribution >= 4 is 17.3 Å². The first-order valence-corrected chi connectivity index (χ1v) is 7.67. The molecule has 3 rings (SSSR count). The second-order valence-corrected chi connectivity index (χ2v) is 5.55. The molecular formula is C17H16N4O3. The molecule has 1 N–H and O–H groups in total. The Labute approximate surface area is 138 Å². The monoisotopic (exact) mass is 324 g/mol. The fraction of sp³-hybridized carbons (Fsp3) is 0.235. The van der Waals surface area contributed by atoms with E-state index in [4.69, 9.17) is 0 Å². The highest BCUT2D eigenvalue weighted by Gasteiger charge is 2.25. The second kappa shape index (κ2) is 6.99. The lowest BCUT2D eigenvalue weighted by atomic mass is 10.0. The molecule has 7 heteroatoms. The van der Waals surface area contributed by atoms with Crippen LogP contribution in [0.2, 0.25) is 0 Å². The maximum absolute atomic E-state index is 12.1. The van der Waals surface area contributed by atoms with Crippen LogP contribution < -0.4 is 5.43 Å². The summed E-state index contributed by atoms with van der Waals surface area (Å²) in [7, 11) is 0. The molecule has 1 aliphatic carbocycles. The Bertz CT molecular complexity index is 772. The topological polar surface area (TPSA) is 97.5 Å².